The number of hydrogen-bond acceptors (Lipinski definition) is 2. The van der Waals surface area contributed by atoms with Gasteiger partial charge in [0.25, 0.3) is 0 Å². The Kier molecular flexibility index (Phi) is 7.29. The quantitative estimate of drug-likeness (QED) is 0.174. The number of allylic oxidation sites excluding steroid dienone is 3. The highest BCUT2D eigenvalue weighted by molar-refractivity contribution is 6.10. The van der Waals surface area contributed by atoms with Crippen LogP contribution < -0.4 is 4.90 Å². The fourth-order valence-electron chi connectivity index (χ4n) is 8.71. The van der Waals surface area contributed by atoms with E-state index in [9.17, 15) is 0 Å². The third kappa shape index (κ3) is 5.15. The van der Waals surface area contributed by atoms with Crippen molar-refractivity contribution in [3.8, 4) is 27.9 Å². The van der Waals surface area contributed by atoms with Gasteiger partial charge in [-0.1, -0.05) is 117 Å². The molecule has 3 heteroatoms. The number of benzene rings is 6. The van der Waals surface area contributed by atoms with Crippen molar-refractivity contribution in [2.24, 2.45) is 0 Å². The molecule has 2 aliphatic carbocycles. The van der Waals surface area contributed by atoms with Crippen LogP contribution in [0.3, 0.4) is 0 Å². The summed E-state index contributed by atoms with van der Waals surface area (Å²) < 4.78 is 2.37. The lowest BCUT2D eigenvalue weighted by Gasteiger charge is -2.30. The van der Waals surface area contributed by atoms with Gasteiger partial charge in [-0.2, -0.15) is 0 Å². The van der Waals surface area contributed by atoms with Gasteiger partial charge in [-0.05, 0) is 112 Å². The number of para-hydroxylation sites is 2. The maximum Gasteiger partial charge on any atom is 0.0541 e. The summed E-state index contributed by atoms with van der Waals surface area (Å²) in [4.78, 5) is 6.81. The summed E-state index contributed by atoms with van der Waals surface area (Å²) in [6.07, 6.45) is 11.8. The van der Waals surface area contributed by atoms with Crippen molar-refractivity contribution in [2.45, 2.75) is 31.6 Å². The molecule has 254 valence electrons. The first-order valence-corrected chi connectivity index (χ1v) is 18.6. The fourth-order valence-corrected chi connectivity index (χ4v) is 8.71. The monoisotopic (exact) mass is 681 g/mol. The van der Waals surface area contributed by atoms with Crippen LogP contribution in [-0.4, -0.2) is 9.55 Å². The first-order chi connectivity index (χ1) is 26.0. The fraction of sp³-hybridized carbons (Fsp3) is 0.100. The molecule has 8 aromatic rings. The minimum atomic E-state index is -0.0814. The second-order valence-corrected chi connectivity index (χ2v) is 14.8. The average Bonchev–Trinajstić information content (AvgIpc) is 3.67. The van der Waals surface area contributed by atoms with Gasteiger partial charge in [0.15, 0.2) is 0 Å². The van der Waals surface area contributed by atoms with Crippen LogP contribution >= 0.6 is 0 Å². The molecule has 1 atom stereocenters. The zero-order valence-corrected chi connectivity index (χ0v) is 29.9. The number of rotatable bonds is 6. The number of fused-ring (bicyclic) bond motifs is 6. The molecule has 53 heavy (non-hydrogen) atoms. The molecular weight excluding hydrogens is 643 g/mol. The van der Waals surface area contributed by atoms with E-state index in [2.05, 4.69) is 192 Å². The third-order valence-electron chi connectivity index (χ3n) is 11.4. The molecule has 0 N–H and O–H groups in total. The van der Waals surface area contributed by atoms with E-state index in [0.29, 0.717) is 5.92 Å². The van der Waals surface area contributed by atoms with Gasteiger partial charge in [0.2, 0.25) is 0 Å². The largest absolute Gasteiger partial charge is 0.311 e. The molecule has 2 aliphatic rings. The Hall–Kier alpha value is -6.45. The van der Waals surface area contributed by atoms with Crippen molar-refractivity contribution in [1.82, 2.24) is 9.55 Å². The Balaban J connectivity index is 1.05. The van der Waals surface area contributed by atoms with Crippen LogP contribution in [0, 0.1) is 0 Å². The van der Waals surface area contributed by atoms with Crippen LogP contribution in [0.1, 0.15) is 42.9 Å². The number of hydrogen-bond donors (Lipinski definition) is 0. The summed E-state index contributed by atoms with van der Waals surface area (Å²) in [5, 5.41) is 2.52. The second kappa shape index (κ2) is 12.4. The van der Waals surface area contributed by atoms with E-state index in [-0.39, 0.29) is 5.41 Å². The van der Waals surface area contributed by atoms with Crippen molar-refractivity contribution in [1.29, 1.82) is 0 Å². The summed E-state index contributed by atoms with van der Waals surface area (Å²) in [7, 11) is 0. The van der Waals surface area contributed by atoms with Crippen LogP contribution in [0.25, 0.3) is 49.7 Å². The van der Waals surface area contributed by atoms with E-state index in [0.717, 1.165) is 12.1 Å². The SMILES string of the molecule is CC1(C)c2ccccc2-c2ccc(N(C3=CCC(c4cccnc4)C=C3)c3ccc(-c4ccc5c(c4)c4ccccc4n5-c4ccccc4)cc3)cc21. The van der Waals surface area contributed by atoms with Crippen molar-refractivity contribution in [3.05, 3.63) is 205 Å². The Morgan fingerprint density at radius 1 is 0.623 bits per heavy atom. The van der Waals surface area contributed by atoms with E-state index in [1.165, 1.54) is 77.8 Å². The van der Waals surface area contributed by atoms with E-state index in [4.69, 9.17) is 0 Å². The Morgan fingerprint density at radius 3 is 2.17 bits per heavy atom. The number of anilines is 2. The lowest BCUT2D eigenvalue weighted by atomic mass is 9.82. The van der Waals surface area contributed by atoms with Gasteiger partial charge < -0.3 is 9.47 Å². The van der Waals surface area contributed by atoms with E-state index in [1.807, 2.05) is 18.5 Å². The van der Waals surface area contributed by atoms with Gasteiger partial charge in [-0.15, -0.1) is 0 Å². The van der Waals surface area contributed by atoms with Crippen LogP contribution in [0.15, 0.2) is 188 Å². The Labute approximate surface area is 310 Å². The van der Waals surface area contributed by atoms with E-state index < -0.39 is 0 Å². The van der Waals surface area contributed by atoms with Gasteiger partial charge in [0.1, 0.15) is 0 Å². The summed E-state index contributed by atoms with van der Waals surface area (Å²) in [6, 6.07) is 55.5. The summed E-state index contributed by atoms with van der Waals surface area (Å²) in [6.45, 7) is 4.71. The minimum Gasteiger partial charge on any atom is -0.311 e. The van der Waals surface area contributed by atoms with Crippen molar-refractivity contribution >= 4 is 33.2 Å². The van der Waals surface area contributed by atoms with Gasteiger partial charge in [0.05, 0.1) is 11.0 Å². The van der Waals surface area contributed by atoms with Gasteiger partial charge in [-0.3, -0.25) is 4.98 Å². The molecule has 0 fully saturated rings. The highest BCUT2D eigenvalue weighted by Crippen LogP contribution is 2.50. The predicted molar refractivity (Wildman–Crippen MR) is 221 cm³/mol. The summed E-state index contributed by atoms with van der Waals surface area (Å²) in [5.41, 5.74) is 16.1. The number of aromatic nitrogens is 2. The molecule has 0 amide bonds. The molecule has 0 bridgehead atoms. The molecule has 2 heterocycles. The lowest BCUT2D eigenvalue weighted by Crippen LogP contribution is -2.19. The normalized spacial score (nSPS) is 15.7. The maximum absolute atomic E-state index is 4.39. The molecule has 10 rings (SSSR count). The summed E-state index contributed by atoms with van der Waals surface area (Å²) in [5.74, 6) is 0.313. The standard InChI is InChI=1S/C50H39N3/c1-50(2)46-16-8-6-14-42(46)43-28-27-41(32-47(43)50)52(40-25-20-35(21-26-40)37-11-10-30-51-33-37)39-23-18-34(19-24-39)36-22-29-49-45(31-36)44-15-7-9-17-48(44)53(49)38-12-4-3-5-13-38/h3-20,22-33,35H,21H2,1-2H3. The van der Waals surface area contributed by atoms with E-state index in [1.54, 1.807) is 0 Å². The van der Waals surface area contributed by atoms with Crippen molar-refractivity contribution in [3.63, 3.8) is 0 Å². The first-order valence-electron chi connectivity index (χ1n) is 18.6. The maximum atomic E-state index is 4.39. The van der Waals surface area contributed by atoms with Crippen molar-refractivity contribution in [2.75, 3.05) is 4.90 Å². The molecule has 0 saturated carbocycles. The smallest absolute Gasteiger partial charge is 0.0541 e. The molecule has 0 spiro atoms. The molecule has 0 saturated heterocycles. The number of pyridine rings is 1. The van der Waals surface area contributed by atoms with Crippen LogP contribution in [0.5, 0.6) is 0 Å². The second-order valence-electron chi connectivity index (χ2n) is 14.8. The third-order valence-corrected chi connectivity index (χ3v) is 11.4. The molecule has 2 aromatic heterocycles. The molecule has 1 unspecified atom stereocenters. The highest BCUT2D eigenvalue weighted by atomic mass is 15.1. The van der Waals surface area contributed by atoms with Crippen LogP contribution in [-0.2, 0) is 5.41 Å². The minimum absolute atomic E-state index is 0.0814. The molecule has 0 radical (unpaired) electrons. The number of nitrogens with zero attached hydrogens (tertiary/aromatic N) is 3. The van der Waals surface area contributed by atoms with Gasteiger partial charge >= 0.3 is 0 Å². The first kappa shape index (κ1) is 31.3. The Bertz CT molecular complexity index is 2720. The van der Waals surface area contributed by atoms with Gasteiger partial charge in [0, 0.05) is 57.3 Å². The predicted octanol–water partition coefficient (Wildman–Crippen LogP) is 12.9. The summed E-state index contributed by atoms with van der Waals surface area (Å²) >= 11 is 0. The van der Waals surface area contributed by atoms with E-state index >= 15 is 0 Å². The van der Waals surface area contributed by atoms with Crippen LogP contribution in [0.4, 0.5) is 11.4 Å². The van der Waals surface area contributed by atoms with Crippen LogP contribution in [0.2, 0.25) is 0 Å². The van der Waals surface area contributed by atoms with Crippen molar-refractivity contribution < 1.29 is 0 Å². The van der Waals surface area contributed by atoms with Gasteiger partial charge in [-0.25, -0.2) is 0 Å². The molecular formula is C50H39N3. The average molecular weight is 682 g/mol. The lowest BCUT2D eigenvalue weighted by molar-refractivity contribution is 0.660. The Morgan fingerprint density at radius 2 is 1.36 bits per heavy atom. The molecule has 0 aliphatic heterocycles. The molecule has 6 aromatic carbocycles. The zero-order chi connectivity index (χ0) is 35.5. The molecule has 3 nitrogen and oxygen atoms in total. The zero-order valence-electron chi connectivity index (χ0n) is 29.9. The highest BCUT2D eigenvalue weighted by Gasteiger charge is 2.35. The topological polar surface area (TPSA) is 21.1 Å².